The van der Waals surface area contributed by atoms with Gasteiger partial charge in [-0.05, 0) is 18.2 Å². The van der Waals surface area contributed by atoms with Crippen LogP contribution in [0.2, 0.25) is 0 Å². The lowest BCUT2D eigenvalue weighted by molar-refractivity contribution is -0.0326. The summed E-state index contributed by atoms with van der Waals surface area (Å²) >= 11 is 0. The number of hydrogen-bond donors (Lipinski definition) is 1. The van der Waals surface area contributed by atoms with Gasteiger partial charge in [0.2, 0.25) is 0 Å². The summed E-state index contributed by atoms with van der Waals surface area (Å²) in [6.07, 6.45) is 0. The zero-order valence-corrected chi connectivity index (χ0v) is 12.2. The van der Waals surface area contributed by atoms with Gasteiger partial charge in [-0.25, -0.2) is 4.79 Å². The number of methoxy groups -OCH3 is 1. The van der Waals surface area contributed by atoms with E-state index in [2.05, 4.69) is 5.32 Å². The maximum absolute atomic E-state index is 12.5. The highest BCUT2D eigenvalue weighted by Crippen LogP contribution is 2.46. The fourth-order valence-corrected chi connectivity index (χ4v) is 3.27. The van der Waals surface area contributed by atoms with Crippen LogP contribution in [0.15, 0.2) is 48.5 Å². The zero-order chi connectivity index (χ0) is 15.2. The minimum atomic E-state index is -0.856. The van der Waals surface area contributed by atoms with Crippen molar-refractivity contribution in [2.45, 2.75) is 5.72 Å². The normalized spacial score (nSPS) is 22.8. The average Bonchev–Trinajstić information content (AvgIpc) is 3.02. The van der Waals surface area contributed by atoms with Gasteiger partial charge in [-0.1, -0.05) is 30.3 Å². The largest absolute Gasteiger partial charge is 0.497 e. The van der Waals surface area contributed by atoms with E-state index in [1.807, 2.05) is 48.5 Å². The minimum absolute atomic E-state index is 0.132. The molecule has 1 N–H and O–H groups in total. The SMILES string of the molecule is COc1ccc(C23OCCN2C(=O)Nc2ccccc23)cc1. The van der Waals surface area contributed by atoms with Crippen LogP contribution in [0.1, 0.15) is 11.1 Å². The van der Waals surface area contributed by atoms with Gasteiger partial charge in [-0.15, -0.1) is 0 Å². The summed E-state index contributed by atoms with van der Waals surface area (Å²) in [4.78, 5) is 14.2. The predicted molar refractivity (Wildman–Crippen MR) is 81.9 cm³/mol. The monoisotopic (exact) mass is 296 g/mol. The van der Waals surface area contributed by atoms with Crippen LogP contribution in [0.3, 0.4) is 0 Å². The van der Waals surface area contributed by atoms with E-state index in [-0.39, 0.29) is 6.03 Å². The van der Waals surface area contributed by atoms with Crippen molar-refractivity contribution in [3.05, 3.63) is 59.7 Å². The van der Waals surface area contributed by atoms with E-state index in [0.717, 1.165) is 22.6 Å². The van der Waals surface area contributed by atoms with E-state index in [9.17, 15) is 4.79 Å². The number of urea groups is 1. The van der Waals surface area contributed by atoms with Crippen LogP contribution < -0.4 is 10.1 Å². The second-order valence-electron chi connectivity index (χ2n) is 5.35. The Morgan fingerprint density at radius 2 is 1.95 bits per heavy atom. The Morgan fingerprint density at radius 3 is 2.73 bits per heavy atom. The molecule has 0 bridgehead atoms. The molecule has 2 heterocycles. The minimum Gasteiger partial charge on any atom is -0.497 e. The number of anilines is 1. The first-order chi connectivity index (χ1) is 10.8. The van der Waals surface area contributed by atoms with Crippen LogP contribution in [0.25, 0.3) is 0 Å². The molecule has 5 heteroatoms. The number of nitrogens with zero attached hydrogens (tertiary/aromatic N) is 1. The quantitative estimate of drug-likeness (QED) is 0.927. The number of rotatable bonds is 2. The molecular weight excluding hydrogens is 280 g/mol. The Morgan fingerprint density at radius 1 is 1.18 bits per heavy atom. The van der Waals surface area contributed by atoms with Crippen molar-refractivity contribution in [1.29, 1.82) is 0 Å². The molecule has 0 saturated carbocycles. The molecule has 1 atom stereocenters. The van der Waals surface area contributed by atoms with Crippen molar-refractivity contribution in [2.24, 2.45) is 0 Å². The van der Waals surface area contributed by atoms with Gasteiger partial charge in [-0.2, -0.15) is 0 Å². The summed E-state index contributed by atoms with van der Waals surface area (Å²) in [5, 5.41) is 2.93. The van der Waals surface area contributed by atoms with E-state index in [4.69, 9.17) is 9.47 Å². The van der Waals surface area contributed by atoms with Gasteiger partial charge in [0.25, 0.3) is 0 Å². The average molecular weight is 296 g/mol. The van der Waals surface area contributed by atoms with Crippen LogP contribution in [-0.2, 0) is 10.5 Å². The Labute approximate surface area is 128 Å². The van der Waals surface area contributed by atoms with Gasteiger partial charge in [0, 0.05) is 17.7 Å². The molecule has 2 aromatic carbocycles. The molecule has 4 rings (SSSR count). The Hall–Kier alpha value is -2.53. The molecule has 2 aromatic rings. The molecule has 2 amide bonds. The summed E-state index contributed by atoms with van der Waals surface area (Å²) in [5.41, 5.74) is 1.82. The highest BCUT2D eigenvalue weighted by atomic mass is 16.5. The number of hydrogen-bond acceptors (Lipinski definition) is 3. The van der Waals surface area contributed by atoms with Crippen LogP contribution >= 0.6 is 0 Å². The van der Waals surface area contributed by atoms with Crippen molar-refractivity contribution in [1.82, 2.24) is 4.90 Å². The molecule has 2 aliphatic rings. The van der Waals surface area contributed by atoms with Gasteiger partial charge in [0.1, 0.15) is 5.75 Å². The molecule has 22 heavy (non-hydrogen) atoms. The van der Waals surface area contributed by atoms with Gasteiger partial charge in [0.15, 0.2) is 5.72 Å². The third-order valence-electron chi connectivity index (χ3n) is 4.27. The molecule has 1 fully saturated rings. The summed E-state index contributed by atoms with van der Waals surface area (Å²) in [7, 11) is 1.63. The second kappa shape index (κ2) is 4.74. The summed E-state index contributed by atoms with van der Waals surface area (Å²) in [6, 6.07) is 15.3. The number of fused-ring (bicyclic) bond motifs is 3. The number of nitrogens with one attached hydrogen (secondary N) is 1. The van der Waals surface area contributed by atoms with Crippen LogP contribution in [0.5, 0.6) is 5.75 Å². The second-order valence-corrected chi connectivity index (χ2v) is 5.35. The van der Waals surface area contributed by atoms with Gasteiger partial charge in [0.05, 0.1) is 19.4 Å². The van der Waals surface area contributed by atoms with Gasteiger partial charge < -0.3 is 14.8 Å². The number of amides is 2. The fraction of sp³-hybridized carbons (Fsp3) is 0.235. The number of para-hydroxylation sites is 1. The molecule has 0 spiro atoms. The predicted octanol–water partition coefficient (Wildman–Crippen LogP) is 2.77. The van der Waals surface area contributed by atoms with Gasteiger partial charge in [-0.3, -0.25) is 4.90 Å². The first-order valence-electron chi connectivity index (χ1n) is 7.22. The zero-order valence-electron chi connectivity index (χ0n) is 12.2. The third-order valence-corrected chi connectivity index (χ3v) is 4.27. The standard InChI is InChI=1S/C17H16N2O3/c1-21-13-8-6-12(7-9-13)17-14-4-2-3-5-15(14)18-16(20)19(17)10-11-22-17/h2-9H,10-11H2,1H3,(H,18,20). The first kappa shape index (κ1) is 13.2. The number of ether oxygens (including phenoxy) is 2. The maximum Gasteiger partial charge on any atom is 0.324 e. The molecule has 0 radical (unpaired) electrons. The number of carbonyl (C=O) groups excluding carboxylic acids is 1. The Bertz CT molecular complexity index is 729. The van der Waals surface area contributed by atoms with Gasteiger partial charge >= 0.3 is 6.03 Å². The van der Waals surface area contributed by atoms with Crippen molar-refractivity contribution in [3.8, 4) is 5.75 Å². The molecule has 1 saturated heterocycles. The van der Waals surface area contributed by atoms with Crippen molar-refractivity contribution < 1.29 is 14.3 Å². The smallest absolute Gasteiger partial charge is 0.324 e. The molecule has 112 valence electrons. The lowest BCUT2D eigenvalue weighted by atomic mass is 9.90. The van der Waals surface area contributed by atoms with Crippen LogP contribution in [0, 0.1) is 0 Å². The number of benzene rings is 2. The topological polar surface area (TPSA) is 50.8 Å². The molecule has 1 unspecified atom stereocenters. The summed E-state index contributed by atoms with van der Waals surface area (Å²) in [6.45, 7) is 1.07. The van der Waals surface area contributed by atoms with E-state index in [1.165, 1.54) is 0 Å². The third kappa shape index (κ3) is 1.66. The van der Waals surface area contributed by atoms with E-state index >= 15 is 0 Å². The Balaban J connectivity index is 1.94. The highest BCUT2D eigenvalue weighted by molar-refractivity contribution is 5.94. The van der Waals surface area contributed by atoms with E-state index in [0.29, 0.717) is 13.2 Å². The molecule has 2 aliphatic heterocycles. The Kier molecular flexibility index (Phi) is 2.84. The maximum atomic E-state index is 12.5. The fourth-order valence-electron chi connectivity index (χ4n) is 3.27. The lowest BCUT2D eigenvalue weighted by Crippen LogP contribution is -2.52. The first-order valence-corrected chi connectivity index (χ1v) is 7.22. The van der Waals surface area contributed by atoms with Crippen molar-refractivity contribution in [3.63, 3.8) is 0 Å². The summed E-state index contributed by atoms with van der Waals surface area (Å²) in [5.74, 6) is 0.776. The van der Waals surface area contributed by atoms with Crippen molar-refractivity contribution in [2.75, 3.05) is 25.6 Å². The molecule has 5 nitrogen and oxygen atoms in total. The summed E-state index contributed by atoms with van der Waals surface area (Å²) < 4.78 is 11.3. The highest BCUT2D eigenvalue weighted by Gasteiger charge is 2.52. The number of carbonyl (C=O) groups is 1. The molecule has 0 aromatic heterocycles. The molecular formula is C17H16N2O3. The van der Waals surface area contributed by atoms with E-state index in [1.54, 1.807) is 12.0 Å². The van der Waals surface area contributed by atoms with E-state index < -0.39 is 5.72 Å². The lowest BCUT2D eigenvalue weighted by Gasteiger charge is -2.42. The molecule has 0 aliphatic carbocycles. The van der Waals surface area contributed by atoms with Crippen LogP contribution in [-0.4, -0.2) is 31.2 Å². The van der Waals surface area contributed by atoms with Crippen molar-refractivity contribution >= 4 is 11.7 Å². The van der Waals surface area contributed by atoms with Crippen LogP contribution in [0.4, 0.5) is 10.5 Å².